The molecule has 2 aromatic carbocycles. The molecular formula is C24H32N2O3. The van der Waals surface area contributed by atoms with Crippen LogP contribution in [0.1, 0.15) is 68.0 Å². The minimum atomic E-state index is -0.232. The number of anilines is 1. The second kappa shape index (κ2) is 10.2. The molecule has 2 aromatic rings. The molecule has 0 aliphatic carbocycles. The van der Waals surface area contributed by atoms with E-state index >= 15 is 0 Å². The Morgan fingerprint density at radius 2 is 1.83 bits per heavy atom. The van der Waals surface area contributed by atoms with Gasteiger partial charge in [-0.05, 0) is 42.7 Å². The summed E-state index contributed by atoms with van der Waals surface area (Å²) in [5, 5.41) is 3.52. The molecule has 5 nitrogen and oxygen atoms in total. The van der Waals surface area contributed by atoms with Gasteiger partial charge in [-0.3, -0.25) is 4.79 Å². The van der Waals surface area contributed by atoms with Crippen LogP contribution in [-0.2, 0) is 0 Å². The van der Waals surface area contributed by atoms with Crippen LogP contribution in [0.25, 0.3) is 0 Å². The van der Waals surface area contributed by atoms with E-state index in [0.717, 1.165) is 35.4 Å². The van der Waals surface area contributed by atoms with Gasteiger partial charge in [0, 0.05) is 12.2 Å². The highest BCUT2D eigenvalue weighted by atomic mass is 16.5. The first-order valence-corrected chi connectivity index (χ1v) is 10.7. The van der Waals surface area contributed by atoms with Crippen LogP contribution in [0.4, 0.5) is 5.69 Å². The Balaban J connectivity index is 1.81. The van der Waals surface area contributed by atoms with E-state index in [1.807, 2.05) is 47.4 Å². The molecule has 1 heterocycles. The Morgan fingerprint density at radius 3 is 2.59 bits per heavy atom. The zero-order valence-electron chi connectivity index (χ0n) is 17.7. The van der Waals surface area contributed by atoms with Gasteiger partial charge in [0.1, 0.15) is 6.17 Å². The van der Waals surface area contributed by atoms with Crippen LogP contribution in [0.3, 0.4) is 0 Å². The predicted octanol–water partition coefficient (Wildman–Crippen LogP) is 5.63. The van der Waals surface area contributed by atoms with E-state index in [9.17, 15) is 4.79 Å². The van der Waals surface area contributed by atoms with Crippen LogP contribution in [0.5, 0.6) is 11.5 Å². The number of benzene rings is 2. The van der Waals surface area contributed by atoms with E-state index in [2.05, 4.69) is 19.2 Å². The lowest BCUT2D eigenvalue weighted by Crippen LogP contribution is -2.43. The van der Waals surface area contributed by atoms with Crippen molar-refractivity contribution >= 4 is 11.6 Å². The van der Waals surface area contributed by atoms with Crippen molar-refractivity contribution in [2.75, 3.05) is 25.6 Å². The normalized spacial score (nSPS) is 15.6. The van der Waals surface area contributed by atoms with E-state index in [0.29, 0.717) is 18.9 Å². The third-order valence-corrected chi connectivity index (χ3v) is 5.25. The van der Waals surface area contributed by atoms with E-state index in [1.165, 1.54) is 19.3 Å². The van der Waals surface area contributed by atoms with Crippen molar-refractivity contribution in [3.05, 3.63) is 53.6 Å². The molecule has 0 fully saturated rings. The molecule has 0 radical (unpaired) electrons. The summed E-state index contributed by atoms with van der Waals surface area (Å²) in [6, 6.07) is 13.6. The molecule has 1 amide bonds. The first-order valence-electron chi connectivity index (χ1n) is 10.7. The molecule has 0 spiro atoms. The summed E-state index contributed by atoms with van der Waals surface area (Å²) >= 11 is 0. The number of hydrogen-bond acceptors (Lipinski definition) is 4. The van der Waals surface area contributed by atoms with Gasteiger partial charge in [-0.25, -0.2) is 0 Å². The Hall–Kier alpha value is -2.69. The van der Waals surface area contributed by atoms with Crippen molar-refractivity contribution in [3.63, 3.8) is 0 Å². The number of fused-ring (bicyclic) bond motifs is 1. The van der Waals surface area contributed by atoms with Crippen LogP contribution in [-0.4, -0.2) is 31.1 Å². The highest BCUT2D eigenvalue weighted by Gasteiger charge is 2.32. The van der Waals surface area contributed by atoms with E-state index in [4.69, 9.17) is 9.47 Å². The molecular weight excluding hydrogens is 364 g/mol. The Kier molecular flexibility index (Phi) is 7.39. The molecule has 1 unspecified atom stereocenters. The molecule has 1 atom stereocenters. The average Bonchev–Trinajstić information content (AvgIpc) is 2.75. The van der Waals surface area contributed by atoms with Gasteiger partial charge in [-0.15, -0.1) is 0 Å². The number of nitrogens with one attached hydrogen (secondary N) is 1. The van der Waals surface area contributed by atoms with Crippen molar-refractivity contribution in [2.24, 2.45) is 0 Å². The number of methoxy groups -OCH3 is 1. The van der Waals surface area contributed by atoms with E-state index in [1.54, 1.807) is 7.11 Å². The number of para-hydroxylation sites is 1. The molecule has 156 valence electrons. The zero-order chi connectivity index (χ0) is 20.6. The Bertz CT molecular complexity index is 822. The van der Waals surface area contributed by atoms with Crippen LogP contribution in [0, 0.1) is 0 Å². The van der Waals surface area contributed by atoms with Crippen molar-refractivity contribution in [1.82, 2.24) is 4.90 Å². The molecule has 0 aromatic heterocycles. The molecule has 1 aliphatic heterocycles. The number of carbonyl (C=O) groups is 1. The van der Waals surface area contributed by atoms with Crippen molar-refractivity contribution in [2.45, 2.75) is 52.1 Å². The molecule has 29 heavy (non-hydrogen) atoms. The number of hydrogen-bond donors (Lipinski definition) is 1. The summed E-state index contributed by atoms with van der Waals surface area (Å²) in [4.78, 5) is 15.0. The van der Waals surface area contributed by atoms with Gasteiger partial charge in [0.2, 0.25) is 0 Å². The average molecular weight is 397 g/mol. The minimum absolute atomic E-state index is 0.0569. The fourth-order valence-electron chi connectivity index (χ4n) is 3.71. The number of rotatable bonds is 10. The second-order valence-electron chi connectivity index (χ2n) is 7.41. The third kappa shape index (κ3) is 4.84. The summed E-state index contributed by atoms with van der Waals surface area (Å²) in [6.07, 6.45) is 5.32. The summed E-state index contributed by atoms with van der Waals surface area (Å²) in [6.45, 7) is 5.65. The summed E-state index contributed by atoms with van der Waals surface area (Å²) in [5.41, 5.74) is 2.57. The second-order valence-corrected chi connectivity index (χ2v) is 7.41. The molecule has 0 saturated heterocycles. The predicted molar refractivity (Wildman–Crippen MR) is 117 cm³/mol. The largest absolute Gasteiger partial charge is 0.493 e. The number of nitrogens with zero attached hydrogens (tertiary/aromatic N) is 1. The molecule has 1 aliphatic rings. The topological polar surface area (TPSA) is 50.8 Å². The lowest BCUT2D eigenvalue weighted by atomic mass is 10.0. The molecule has 0 saturated carbocycles. The first kappa shape index (κ1) is 21.0. The summed E-state index contributed by atoms with van der Waals surface area (Å²) in [5.74, 6) is 1.50. The quantitative estimate of drug-likeness (QED) is 0.529. The third-order valence-electron chi connectivity index (χ3n) is 5.25. The van der Waals surface area contributed by atoms with Crippen LogP contribution in [0.2, 0.25) is 0 Å². The number of carbonyl (C=O) groups excluding carboxylic acids is 1. The maximum absolute atomic E-state index is 13.1. The maximum atomic E-state index is 13.1. The van der Waals surface area contributed by atoms with Crippen molar-refractivity contribution in [1.29, 1.82) is 0 Å². The van der Waals surface area contributed by atoms with Gasteiger partial charge in [0.05, 0.1) is 19.3 Å². The van der Waals surface area contributed by atoms with Gasteiger partial charge in [0.15, 0.2) is 11.5 Å². The van der Waals surface area contributed by atoms with E-state index in [-0.39, 0.29) is 12.1 Å². The highest BCUT2D eigenvalue weighted by molar-refractivity contribution is 6.01. The van der Waals surface area contributed by atoms with Gasteiger partial charge < -0.3 is 19.7 Å². The fourth-order valence-corrected chi connectivity index (χ4v) is 3.71. The van der Waals surface area contributed by atoms with Crippen LogP contribution >= 0.6 is 0 Å². The van der Waals surface area contributed by atoms with Gasteiger partial charge in [-0.2, -0.15) is 0 Å². The van der Waals surface area contributed by atoms with Gasteiger partial charge in [0.25, 0.3) is 5.91 Å². The zero-order valence-corrected chi connectivity index (χ0v) is 17.7. The Labute approximate surface area is 174 Å². The Morgan fingerprint density at radius 1 is 1.00 bits per heavy atom. The van der Waals surface area contributed by atoms with Crippen molar-refractivity contribution in [3.8, 4) is 11.5 Å². The highest BCUT2D eigenvalue weighted by Crippen LogP contribution is 2.37. The lowest BCUT2D eigenvalue weighted by molar-refractivity contribution is 0.0683. The standard InChI is InChI=1S/C24H32N2O3/c1-4-6-7-10-16-29-21-14-13-18(17-22(21)28-3)23-25-20-12-9-8-11-19(20)24(27)26(23)15-5-2/h8-9,11-14,17,23,25H,4-7,10,15-16H2,1-3H3. The van der Waals surface area contributed by atoms with E-state index < -0.39 is 0 Å². The lowest BCUT2D eigenvalue weighted by Gasteiger charge is -2.38. The van der Waals surface area contributed by atoms with Gasteiger partial charge >= 0.3 is 0 Å². The minimum Gasteiger partial charge on any atom is -0.493 e. The molecule has 1 N–H and O–H groups in total. The van der Waals surface area contributed by atoms with Gasteiger partial charge in [-0.1, -0.05) is 51.3 Å². The number of amides is 1. The smallest absolute Gasteiger partial charge is 0.257 e. The molecule has 3 rings (SSSR count). The summed E-state index contributed by atoms with van der Waals surface area (Å²) < 4.78 is 11.5. The maximum Gasteiger partial charge on any atom is 0.257 e. The molecule has 0 bridgehead atoms. The number of ether oxygens (including phenoxy) is 2. The first-order chi connectivity index (χ1) is 14.2. The van der Waals surface area contributed by atoms with Crippen molar-refractivity contribution < 1.29 is 14.3 Å². The fraction of sp³-hybridized carbons (Fsp3) is 0.458. The monoisotopic (exact) mass is 396 g/mol. The van der Waals surface area contributed by atoms with Crippen LogP contribution < -0.4 is 14.8 Å². The number of unbranched alkanes of at least 4 members (excludes halogenated alkanes) is 3. The molecule has 5 heteroatoms. The summed E-state index contributed by atoms with van der Waals surface area (Å²) in [7, 11) is 1.65. The SMILES string of the molecule is CCCCCCOc1ccc(C2Nc3ccccc3C(=O)N2CCC)cc1OC. The van der Waals surface area contributed by atoms with Crippen LogP contribution in [0.15, 0.2) is 42.5 Å².